The number of hydrogen-bond donors (Lipinski definition) is 2. The van der Waals surface area contributed by atoms with Crippen LogP contribution in [-0.4, -0.2) is 23.2 Å². The number of fused-ring (bicyclic) bond motifs is 2. The highest BCUT2D eigenvalue weighted by molar-refractivity contribution is 9.10. The van der Waals surface area contributed by atoms with Gasteiger partial charge >= 0.3 is 0 Å². The summed E-state index contributed by atoms with van der Waals surface area (Å²) < 4.78 is 0.855. The van der Waals surface area contributed by atoms with Crippen LogP contribution in [0, 0.1) is 5.92 Å². The summed E-state index contributed by atoms with van der Waals surface area (Å²) >= 11 is 9.85. The predicted molar refractivity (Wildman–Crippen MR) is 71.5 cm³/mol. The molecule has 1 aromatic rings. The molecule has 0 aromatic carbocycles. The zero-order valence-electron chi connectivity index (χ0n) is 9.34. The quantitative estimate of drug-likeness (QED) is 0.837. The number of nitrogens with zero attached hydrogens (tertiary/aromatic N) is 1. The van der Waals surface area contributed by atoms with E-state index in [0.717, 1.165) is 46.7 Å². The highest BCUT2D eigenvalue weighted by Gasteiger charge is 2.47. The Morgan fingerprint density at radius 3 is 3.18 bits per heavy atom. The molecule has 3 nitrogen and oxygen atoms in total. The van der Waals surface area contributed by atoms with Crippen molar-refractivity contribution in [3.63, 3.8) is 0 Å². The Morgan fingerprint density at radius 2 is 2.47 bits per heavy atom. The molecular formula is C12H14BrClN2O. The van der Waals surface area contributed by atoms with Gasteiger partial charge in [-0.05, 0) is 41.1 Å². The van der Waals surface area contributed by atoms with Crippen molar-refractivity contribution >= 4 is 33.3 Å². The fraction of sp³-hybridized carbons (Fsp3) is 0.583. The van der Waals surface area contributed by atoms with Crippen molar-refractivity contribution in [1.29, 1.82) is 0 Å². The molecular weight excluding hydrogens is 304 g/mol. The number of rotatable bonds is 1. The monoisotopic (exact) mass is 316 g/mol. The van der Waals surface area contributed by atoms with Crippen molar-refractivity contribution in [2.45, 2.75) is 24.7 Å². The number of anilines is 1. The summed E-state index contributed by atoms with van der Waals surface area (Å²) in [5, 5.41) is 13.4. The van der Waals surface area contributed by atoms with Gasteiger partial charge in [0.15, 0.2) is 0 Å². The molecule has 0 amide bonds. The van der Waals surface area contributed by atoms with E-state index in [1.165, 1.54) is 0 Å². The van der Waals surface area contributed by atoms with Crippen LogP contribution >= 0.6 is 27.5 Å². The van der Waals surface area contributed by atoms with Crippen molar-refractivity contribution in [3.8, 4) is 0 Å². The molecule has 92 valence electrons. The Hall–Kier alpha value is -0.320. The summed E-state index contributed by atoms with van der Waals surface area (Å²) in [6.45, 7) is 1.16. The molecule has 5 heteroatoms. The molecule has 0 radical (unpaired) electrons. The van der Waals surface area contributed by atoms with Crippen molar-refractivity contribution < 1.29 is 5.11 Å². The van der Waals surface area contributed by atoms with Gasteiger partial charge < -0.3 is 10.4 Å². The largest absolute Gasteiger partial charge is 0.396 e. The summed E-state index contributed by atoms with van der Waals surface area (Å²) in [7, 11) is 0. The maximum Gasteiger partial charge on any atom is 0.131 e. The zero-order valence-corrected chi connectivity index (χ0v) is 11.7. The zero-order chi connectivity index (χ0) is 12.0. The minimum Gasteiger partial charge on any atom is -0.396 e. The molecule has 0 unspecified atom stereocenters. The molecule has 0 bridgehead atoms. The van der Waals surface area contributed by atoms with Gasteiger partial charge in [0.05, 0.1) is 9.50 Å². The van der Waals surface area contributed by atoms with E-state index in [9.17, 15) is 5.11 Å². The molecule has 3 rings (SSSR count). The van der Waals surface area contributed by atoms with Gasteiger partial charge in [-0.3, -0.25) is 0 Å². The third-order valence-electron chi connectivity index (χ3n) is 4.07. The maximum absolute atomic E-state index is 9.30. The average molecular weight is 318 g/mol. The topological polar surface area (TPSA) is 45.1 Å². The molecule has 2 atom stereocenters. The third-order valence-corrected chi connectivity index (χ3v) is 5.29. The lowest BCUT2D eigenvalue weighted by Crippen LogP contribution is -2.25. The van der Waals surface area contributed by atoms with Crippen LogP contribution in [0.1, 0.15) is 24.8 Å². The number of aromatic nitrogens is 1. The van der Waals surface area contributed by atoms with Crippen LogP contribution in [0.3, 0.4) is 0 Å². The van der Waals surface area contributed by atoms with E-state index in [-0.39, 0.29) is 12.0 Å². The van der Waals surface area contributed by atoms with E-state index >= 15 is 0 Å². The molecule has 2 heterocycles. The van der Waals surface area contributed by atoms with Gasteiger partial charge in [0, 0.05) is 30.3 Å². The first-order valence-electron chi connectivity index (χ1n) is 5.85. The van der Waals surface area contributed by atoms with Crippen molar-refractivity contribution in [2.75, 3.05) is 18.5 Å². The lowest BCUT2D eigenvalue weighted by molar-refractivity contribution is 0.224. The lowest BCUT2D eigenvalue weighted by atomic mass is 9.81. The fourth-order valence-corrected chi connectivity index (χ4v) is 3.85. The van der Waals surface area contributed by atoms with E-state index in [2.05, 4.69) is 26.2 Å². The summed E-state index contributed by atoms with van der Waals surface area (Å²) in [6, 6.07) is 0. The SMILES string of the molecule is OC[C@@H]1CC[C@@]2(CNc3ncc(Br)c(Cl)c32)C1. The summed E-state index contributed by atoms with van der Waals surface area (Å²) in [5.74, 6) is 1.31. The molecule has 1 aliphatic carbocycles. The first-order valence-corrected chi connectivity index (χ1v) is 7.02. The number of aliphatic hydroxyl groups excluding tert-OH is 1. The molecule has 17 heavy (non-hydrogen) atoms. The molecule has 1 saturated carbocycles. The Balaban J connectivity index is 2.06. The Morgan fingerprint density at radius 1 is 1.65 bits per heavy atom. The average Bonchev–Trinajstić information content (AvgIpc) is 2.90. The standard InChI is InChI=1S/C12H14BrClN2O/c13-8-4-15-11-9(10(8)14)12(6-16-11)2-1-7(3-12)5-17/h4,7,17H,1-3,5-6H2,(H,15,16)/t7-,12+/m1/s1. The van der Waals surface area contributed by atoms with E-state index in [1.54, 1.807) is 6.20 Å². The predicted octanol–water partition coefficient (Wildman–Crippen LogP) is 2.95. The smallest absolute Gasteiger partial charge is 0.131 e. The number of hydrogen-bond acceptors (Lipinski definition) is 3. The molecule has 0 saturated heterocycles. The van der Waals surface area contributed by atoms with E-state index in [1.807, 2.05) is 0 Å². The maximum atomic E-state index is 9.30. The number of aliphatic hydroxyl groups is 1. The normalized spacial score (nSPS) is 30.6. The van der Waals surface area contributed by atoms with Gasteiger partial charge in [-0.15, -0.1) is 0 Å². The van der Waals surface area contributed by atoms with Crippen LogP contribution in [0.25, 0.3) is 0 Å². The van der Waals surface area contributed by atoms with Crippen molar-refractivity contribution in [1.82, 2.24) is 4.98 Å². The van der Waals surface area contributed by atoms with Crippen LogP contribution in [0.4, 0.5) is 5.82 Å². The number of pyridine rings is 1. The second kappa shape index (κ2) is 4.11. The summed E-state index contributed by atoms with van der Waals surface area (Å²) in [6.07, 6.45) is 4.89. The third kappa shape index (κ3) is 1.69. The van der Waals surface area contributed by atoms with E-state index in [0.29, 0.717) is 5.92 Å². The molecule has 2 aliphatic rings. The van der Waals surface area contributed by atoms with Crippen LogP contribution < -0.4 is 5.32 Å². The molecule has 1 aliphatic heterocycles. The van der Waals surface area contributed by atoms with Crippen molar-refractivity contribution in [2.24, 2.45) is 5.92 Å². The minimum atomic E-state index is 0.0800. The first-order chi connectivity index (χ1) is 8.16. The molecule has 1 fully saturated rings. The van der Waals surface area contributed by atoms with Gasteiger partial charge in [0.1, 0.15) is 5.82 Å². The highest BCUT2D eigenvalue weighted by Crippen LogP contribution is 2.52. The minimum absolute atomic E-state index is 0.0800. The van der Waals surface area contributed by atoms with Crippen LogP contribution in [0.2, 0.25) is 5.02 Å². The van der Waals surface area contributed by atoms with Gasteiger partial charge in [0.2, 0.25) is 0 Å². The summed E-state index contributed by atoms with van der Waals surface area (Å²) in [5.41, 5.74) is 1.22. The van der Waals surface area contributed by atoms with E-state index in [4.69, 9.17) is 11.6 Å². The Bertz CT molecular complexity index is 468. The Kier molecular flexibility index (Phi) is 2.84. The van der Waals surface area contributed by atoms with Crippen LogP contribution in [0.5, 0.6) is 0 Å². The molecule has 2 N–H and O–H groups in total. The highest BCUT2D eigenvalue weighted by atomic mass is 79.9. The summed E-state index contributed by atoms with van der Waals surface area (Å²) in [4.78, 5) is 4.38. The van der Waals surface area contributed by atoms with Crippen molar-refractivity contribution in [3.05, 3.63) is 21.3 Å². The second-order valence-electron chi connectivity index (χ2n) is 5.07. The molecule has 1 spiro atoms. The molecule has 1 aromatic heterocycles. The second-order valence-corrected chi connectivity index (χ2v) is 6.30. The Labute approximate surface area is 114 Å². The first kappa shape index (κ1) is 11.8. The lowest BCUT2D eigenvalue weighted by Gasteiger charge is -2.24. The van der Waals surface area contributed by atoms with Gasteiger partial charge in [-0.1, -0.05) is 11.6 Å². The fourth-order valence-electron chi connectivity index (χ4n) is 3.21. The van der Waals surface area contributed by atoms with Crippen LogP contribution in [0.15, 0.2) is 10.7 Å². The van der Waals surface area contributed by atoms with Gasteiger partial charge in [0.25, 0.3) is 0 Å². The van der Waals surface area contributed by atoms with Crippen LogP contribution in [-0.2, 0) is 5.41 Å². The number of nitrogens with one attached hydrogen (secondary N) is 1. The number of halogens is 2. The van der Waals surface area contributed by atoms with E-state index < -0.39 is 0 Å². The van der Waals surface area contributed by atoms with Gasteiger partial charge in [-0.25, -0.2) is 4.98 Å². The van der Waals surface area contributed by atoms with Gasteiger partial charge in [-0.2, -0.15) is 0 Å².